The van der Waals surface area contributed by atoms with Crippen LogP contribution in [-0.4, -0.2) is 16.9 Å². The summed E-state index contributed by atoms with van der Waals surface area (Å²) >= 11 is 6.34. The summed E-state index contributed by atoms with van der Waals surface area (Å²) < 4.78 is 0. The number of dihydropyridines is 1. The molecule has 0 aromatic heterocycles. The Kier molecular flexibility index (Phi) is 4.04. The summed E-state index contributed by atoms with van der Waals surface area (Å²) in [5.41, 5.74) is 2.65. The van der Waals surface area contributed by atoms with E-state index in [2.05, 4.69) is 5.32 Å². The number of hydrogen-bond donors (Lipinski definition) is 2. The molecule has 2 N–H and O–H groups in total. The van der Waals surface area contributed by atoms with E-state index in [1.807, 2.05) is 19.9 Å². The molecule has 1 aromatic rings. The number of carbonyl (C=O) groups is 2. The van der Waals surface area contributed by atoms with Crippen molar-refractivity contribution in [1.29, 1.82) is 0 Å². The highest BCUT2D eigenvalue weighted by Gasteiger charge is 2.43. The first-order valence-corrected chi connectivity index (χ1v) is 8.31. The summed E-state index contributed by atoms with van der Waals surface area (Å²) in [4.78, 5) is 24.8. The fourth-order valence-corrected chi connectivity index (χ4v) is 3.98. The molecule has 1 heterocycles. The molecule has 1 atom stereocenters. The van der Waals surface area contributed by atoms with E-state index in [1.165, 1.54) is 0 Å². The quantitative estimate of drug-likeness (QED) is 0.849. The van der Waals surface area contributed by atoms with Crippen molar-refractivity contribution >= 4 is 23.4 Å². The molecule has 4 nitrogen and oxygen atoms in total. The Balaban J connectivity index is 2.24. The van der Waals surface area contributed by atoms with Gasteiger partial charge in [-0.2, -0.15) is 0 Å². The molecule has 24 heavy (non-hydrogen) atoms. The van der Waals surface area contributed by atoms with Crippen LogP contribution in [0, 0.1) is 5.41 Å². The summed E-state index contributed by atoms with van der Waals surface area (Å²) in [6, 6.07) is 7.14. The molecule has 0 saturated carbocycles. The van der Waals surface area contributed by atoms with Gasteiger partial charge in [0.05, 0.1) is 5.57 Å². The summed E-state index contributed by atoms with van der Waals surface area (Å²) in [5.74, 6) is -1.67. The zero-order chi connectivity index (χ0) is 17.6. The van der Waals surface area contributed by atoms with Gasteiger partial charge >= 0.3 is 5.97 Å². The monoisotopic (exact) mass is 345 g/mol. The largest absolute Gasteiger partial charge is 0.478 e. The number of allylic oxidation sites excluding steroid dienone is 3. The highest BCUT2D eigenvalue weighted by molar-refractivity contribution is 6.31. The Hall–Kier alpha value is -2.07. The molecule has 126 valence electrons. The predicted octanol–water partition coefficient (Wildman–Crippen LogP) is 4.03. The Bertz CT molecular complexity index is 805. The molecule has 1 aliphatic carbocycles. The maximum atomic E-state index is 12.9. The molecule has 0 spiro atoms. The van der Waals surface area contributed by atoms with Crippen molar-refractivity contribution < 1.29 is 14.7 Å². The molecule has 0 fully saturated rings. The van der Waals surface area contributed by atoms with Crippen LogP contribution in [0.25, 0.3) is 0 Å². The minimum absolute atomic E-state index is 0.00933. The van der Waals surface area contributed by atoms with Gasteiger partial charge in [0.1, 0.15) is 0 Å². The Morgan fingerprint density at radius 1 is 1.29 bits per heavy atom. The molecule has 5 heteroatoms. The fraction of sp³-hybridized carbons (Fsp3) is 0.368. The highest BCUT2D eigenvalue weighted by atomic mass is 35.5. The van der Waals surface area contributed by atoms with Gasteiger partial charge in [-0.15, -0.1) is 0 Å². The van der Waals surface area contributed by atoms with Crippen molar-refractivity contribution in [2.75, 3.05) is 0 Å². The standard InChI is InChI=1S/C19H20ClNO3/c1-10-15(18(23)24)16(11-6-4-5-7-12(11)20)17-13(21-10)8-19(2,3)9-14(17)22/h4-7,16,21H,8-9H2,1-3H3,(H,23,24). The van der Waals surface area contributed by atoms with Crippen molar-refractivity contribution in [3.05, 3.63) is 57.4 Å². The molecule has 2 aliphatic rings. The average Bonchev–Trinajstić information content (AvgIpc) is 2.44. The number of rotatable bonds is 2. The number of aliphatic carboxylic acids is 1. The molecular formula is C19H20ClNO3. The van der Waals surface area contributed by atoms with Crippen LogP contribution in [0.5, 0.6) is 0 Å². The van der Waals surface area contributed by atoms with E-state index >= 15 is 0 Å². The normalized spacial score (nSPS) is 23.0. The Morgan fingerprint density at radius 2 is 1.96 bits per heavy atom. The third-order valence-electron chi connectivity index (χ3n) is 4.69. The van der Waals surface area contributed by atoms with Crippen LogP contribution < -0.4 is 5.32 Å². The van der Waals surface area contributed by atoms with E-state index in [0.717, 1.165) is 5.70 Å². The minimum atomic E-state index is -1.03. The zero-order valence-electron chi connectivity index (χ0n) is 13.9. The van der Waals surface area contributed by atoms with Crippen molar-refractivity contribution in [3.8, 4) is 0 Å². The van der Waals surface area contributed by atoms with Gasteiger partial charge in [0, 0.05) is 34.3 Å². The lowest BCUT2D eigenvalue weighted by molar-refractivity contribution is -0.133. The molecule has 0 radical (unpaired) electrons. The van der Waals surface area contributed by atoms with E-state index in [1.54, 1.807) is 25.1 Å². The van der Waals surface area contributed by atoms with Gasteiger partial charge in [-0.3, -0.25) is 4.79 Å². The van der Waals surface area contributed by atoms with Crippen molar-refractivity contribution in [3.63, 3.8) is 0 Å². The van der Waals surface area contributed by atoms with Gasteiger partial charge in [-0.25, -0.2) is 4.79 Å². The molecule has 0 bridgehead atoms. The molecule has 0 saturated heterocycles. The van der Waals surface area contributed by atoms with E-state index in [-0.39, 0.29) is 16.8 Å². The van der Waals surface area contributed by atoms with Crippen LogP contribution in [0.2, 0.25) is 5.02 Å². The SMILES string of the molecule is CC1=C(C(=O)O)C(c2ccccc2Cl)C2=C(CC(C)(C)CC2=O)N1. The van der Waals surface area contributed by atoms with Crippen LogP contribution >= 0.6 is 11.6 Å². The third-order valence-corrected chi connectivity index (χ3v) is 5.03. The minimum Gasteiger partial charge on any atom is -0.478 e. The number of carboxylic acid groups (broad SMARTS) is 1. The second-order valence-electron chi connectivity index (χ2n) is 7.26. The molecule has 0 amide bonds. The Morgan fingerprint density at radius 3 is 2.58 bits per heavy atom. The van der Waals surface area contributed by atoms with Crippen LogP contribution in [0.4, 0.5) is 0 Å². The first kappa shape index (κ1) is 16.8. The number of Topliss-reactive ketones (excluding diaryl/α,β-unsaturated/α-hetero) is 1. The summed E-state index contributed by atoms with van der Waals surface area (Å²) in [6.45, 7) is 5.84. The van der Waals surface area contributed by atoms with Crippen molar-refractivity contribution in [2.24, 2.45) is 5.41 Å². The average molecular weight is 346 g/mol. The maximum Gasteiger partial charge on any atom is 0.334 e. The predicted molar refractivity (Wildman–Crippen MR) is 92.7 cm³/mol. The van der Waals surface area contributed by atoms with E-state index in [4.69, 9.17) is 11.6 Å². The topological polar surface area (TPSA) is 66.4 Å². The van der Waals surface area contributed by atoms with Gasteiger partial charge in [-0.1, -0.05) is 43.6 Å². The lowest BCUT2D eigenvalue weighted by Gasteiger charge is -2.39. The van der Waals surface area contributed by atoms with Crippen LogP contribution in [0.1, 0.15) is 45.1 Å². The lowest BCUT2D eigenvalue weighted by Crippen LogP contribution is -2.38. The molecule has 3 rings (SSSR count). The summed E-state index contributed by atoms with van der Waals surface area (Å²) in [6.07, 6.45) is 1.11. The van der Waals surface area contributed by atoms with E-state index in [0.29, 0.717) is 34.7 Å². The molecule has 1 aromatic carbocycles. The van der Waals surface area contributed by atoms with Gasteiger partial charge in [-0.05, 0) is 30.4 Å². The smallest absolute Gasteiger partial charge is 0.334 e. The fourth-order valence-electron chi connectivity index (χ4n) is 3.74. The number of ketones is 1. The van der Waals surface area contributed by atoms with Crippen LogP contribution in [0.3, 0.4) is 0 Å². The summed E-state index contributed by atoms with van der Waals surface area (Å²) in [7, 11) is 0. The summed E-state index contributed by atoms with van der Waals surface area (Å²) in [5, 5.41) is 13.4. The van der Waals surface area contributed by atoms with Crippen LogP contribution in [0.15, 0.2) is 46.8 Å². The van der Waals surface area contributed by atoms with E-state index in [9.17, 15) is 14.7 Å². The lowest BCUT2D eigenvalue weighted by atomic mass is 9.68. The van der Waals surface area contributed by atoms with Crippen LogP contribution in [-0.2, 0) is 9.59 Å². The van der Waals surface area contributed by atoms with Gasteiger partial charge in [0.15, 0.2) is 5.78 Å². The first-order valence-electron chi connectivity index (χ1n) is 7.93. The second-order valence-corrected chi connectivity index (χ2v) is 7.66. The third kappa shape index (κ3) is 2.75. The van der Waals surface area contributed by atoms with Gasteiger partial charge in [0.25, 0.3) is 0 Å². The Labute approximate surface area is 146 Å². The van der Waals surface area contributed by atoms with Crippen molar-refractivity contribution in [1.82, 2.24) is 5.32 Å². The molecule has 1 aliphatic heterocycles. The number of benzene rings is 1. The zero-order valence-corrected chi connectivity index (χ0v) is 14.7. The maximum absolute atomic E-state index is 12.9. The molecular weight excluding hydrogens is 326 g/mol. The number of nitrogens with one attached hydrogen (secondary N) is 1. The van der Waals surface area contributed by atoms with Gasteiger partial charge < -0.3 is 10.4 Å². The number of hydrogen-bond acceptors (Lipinski definition) is 3. The van der Waals surface area contributed by atoms with Gasteiger partial charge in [0.2, 0.25) is 0 Å². The number of carbonyl (C=O) groups excluding carboxylic acids is 1. The van der Waals surface area contributed by atoms with E-state index < -0.39 is 11.9 Å². The number of halogens is 1. The molecule has 1 unspecified atom stereocenters. The first-order chi connectivity index (χ1) is 11.2. The second kappa shape index (κ2) is 5.78. The van der Waals surface area contributed by atoms with Crippen molar-refractivity contribution in [2.45, 2.75) is 39.5 Å². The highest BCUT2D eigenvalue weighted by Crippen LogP contribution is 2.47. The number of carboxylic acids is 1.